The van der Waals surface area contributed by atoms with Crippen molar-refractivity contribution in [2.24, 2.45) is 5.92 Å². The summed E-state index contributed by atoms with van der Waals surface area (Å²) in [5, 5.41) is 8.91. The Bertz CT molecular complexity index is 446. The molecule has 0 amide bonds. The number of carbonyl (C=O) groups is 1. The van der Waals surface area contributed by atoms with Gasteiger partial charge >= 0.3 is 5.97 Å². The fourth-order valence-corrected chi connectivity index (χ4v) is 4.15. The Morgan fingerprint density at radius 3 is 2.40 bits per heavy atom. The van der Waals surface area contributed by atoms with E-state index in [9.17, 15) is 13.2 Å². The highest BCUT2D eigenvalue weighted by molar-refractivity contribution is 7.87. The molecule has 2 rings (SSSR count). The monoisotopic (exact) mass is 305 g/mol. The van der Waals surface area contributed by atoms with Gasteiger partial charge in [0.1, 0.15) is 0 Å². The van der Waals surface area contributed by atoms with Crippen LogP contribution in [0.2, 0.25) is 0 Å². The van der Waals surface area contributed by atoms with Crippen molar-refractivity contribution < 1.29 is 18.3 Å². The standard InChI is InChI=1S/C12H23N3O4S/c1-14-6-2-3-11(14)9-13-20(18,19)15-7-4-10(5-8-15)12(16)17/h10-11,13H,2-9H2,1H3,(H,16,17). The summed E-state index contributed by atoms with van der Waals surface area (Å²) in [6, 6.07) is 0.265. The van der Waals surface area contributed by atoms with Gasteiger partial charge in [0, 0.05) is 25.7 Å². The van der Waals surface area contributed by atoms with Gasteiger partial charge in [-0.05, 0) is 39.3 Å². The number of hydrogen-bond acceptors (Lipinski definition) is 4. The van der Waals surface area contributed by atoms with Gasteiger partial charge in [-0.25, -0.2) is 4.72 Å². The van der Waals surface area contributed by atoms with Crippen LogP contribution in [-0.2, 0) is 15.0 Å². The highest BCUT2D eigenvalue weighted by Gasteiger charge is 2.31. The number of piperidine rings is 1. The minimum absolute atomic E-state index is 0.265. The summed E-state index contributed by atoms with van der Waals surface area (Å²) in [7, 11) is -1.48. The van der Waals surface area contributed by atoms with Crippen LogP contribution in [0.25, 0.3) is 0 Å². The van der Waals surface area contributed by atoms with E-state index in [4.69, 9.17) is 5.11 Å². The lowest BCUT2D eigenvalue weighted by molar-refractivity contribution is -0.142. The molecule has 2 N–H and O–H groups in total. The number of hydrogen-bond donors (Lipinski definition) is 2. The summed E-state index contributed by atoms with van der Waals surface area (Å²) < 4.78 is 28.4. The summed E-state index contributed by atoms with van der Waals surface area (Å²) in [6.07, 6.45) is 2.89. The Labute approximate surface area is 120 Å². The molecule has 2 aliphatic heterocycles. The lowest BCUT2D eigenvalue weighted by Gasteiger charge is -2.30. The minimum atomic E-state index is -3.48. The summed E-state index contributed by atoms with van der Waals surface area (Å²) in [4.78, 5) is 13.0. The first-order valence-corrected chi connectivity index (χ1v) is 8.52. The Balaban J connectivity index is 1.83. The number of nitrogens with zero attached hydrogens (tertiary/aromatic N) is 2. The van der Waals surface area contributed by atoms with Gasteiger partial charge in [0.25, 0.3) is 10.2 Å². The topological polar surface area (TPSA) is 90.0 Å². The second kappa shape index (κ2) is 6.38. The van der Waals surface area contributed by atoms with E-state index in [2.05, 4.69) is 9.62 Å². The molecule has 0 aromatic heterocycles. The third-order valence-corrected chi connectivity index (χ3v) is 5.89. The lowest BCUT2D eigenvalue weighted by Crippen LogP contribution is -2.48. The predicted octanol–water partition coefficient (Wildman–Crippen LogP) is -0.288. The maximum atomic E-state index is 12.2. The molecule has 0 aliphatic carbocycles. The van der Waals surface area contributed by atoms with E-state index in [1.54, 1.807) is 0 Å². The zero-order valence-corrected chi connectivity index (χ0v) is 12.6. The molecule has 2 saturated heterocycles. The van der Waals surface area contributed by atoms with E-state index in [-0.39, 0.29) is 19.1 Å². The second-order valence-corrected chi connectivity index (χ2v) is 7.40. The molecular weight excluding hydrogens is 282 g/mol. The highest BCUT2D eigenvalue weighted by Crippen LogP contribution is 2.19. The van der Waals surface area contributed by atoms with E-state index in [0.717, 1.165) is 19.4 Å². The van der Waals surface area contributed by atoms with Crippen molar-refractivity contribution in [1.82, 2.24) is 13.9 Å². The summed E-state index contributed by atoms with van der Waals surface area (Å²) in [5.41, 5.74) is 0. The van der Waals surface area contributed by atoms with Crippen LogP contribution in [0.4, 0.5) is 0 Å². The van der Waals surface area contributed by atoms with Crippen LogP contribution in [0.5, 0.6) is 0 Å². The van der Waals surface area contributed by atoms with E-state index >= 15 is 0 Å². The lowest BCUT2D eigenvalue weighted by atomic mass is 9.99. The van der Waals surface area contributed by atoms with E-state index in [1.807, 2.05) is 7.05 Å². The molecule has 2 heterocycles. The molecule has 0 radical (unpaired) electrons. The Kier molecular flexibility index (Phi) is 5.00. The SMILES string of the molecule is CN1CCCC1CNS(=O)(=O)N1CCC(C(=O)O)CC1. The van der Waals surface area contributed by atoms with Gasteiger partial charge in [0.05, 0.1) is 5.92 Å². The van der Waals surface area contributed by atoms with Crippen molar-refractivity contribution in [3.05, 3.63) is 0 Å². The normalized spacial score (nSPS) is 26.9. The smallest absolute Gasteiger partial charge is 0.306 e. The molecule has 20 heavy (non-hydrogen) atoms. The first-order valence-electron chi connectivity index (χ1n) is 7.08. The molecule has 0 aromatic carbocycles. The number of carboxylic acids is 1. The molecule has 2 fully saturated rings. The maximum Gasteiger partial charge on any atom is 0.306 e. The van der Waals surface area contributed by atoms with Gasteiger partial charge < -0.3 is 10.0 Å². The van der Waals surface area contributed by atoms with Crippen LogP contribution < -0.4 is 4.72 Å². The number of aliphatic carboxylic acids is 1. The number of carboxylic acid groups (broad SMARTS) is 1. The average Bonchev–Trinajstić information content (AvgIpc) is 2.82. The fraction of sp³-hybridized carbons (Fsp3) is 0.917. The molecule has 0 saturated carbocycles. The van der Waals surface area contributed by atoms with E-state index in [1.165, 1.54) is 4.31 Å². The van der Waals surface area contributed by atoms with Gasteiger partial charge in [-0.3, -0.25) is 4.79 Å². The van der Waals surface area contributed by atoms with Crippen LogP contribution in [0.3, 0.4) is 0 Å². The van der Waals surface area contributed by atoms with Crippen LogP contribution in [0, 0.1) is 5.92 Å². The van der Waals surface area contributed by atoms with Gasteiger partial charge in [-0.15, -0.1) is 0 Å². The third-order valence-electron chi connectivity index (χ3n) is 4.32. The fourth-order valence-electron chi connectivity index (χ4n) is 2.87. The van der Waals surface area contributed by atoms with E-state index in [0.29, 0.717) is 19.4 Å². The molecule has 0 spiro atoms. The summed E-state index contributed by atoms with van der Waals surface area (Å²) in [6.45, 7) is 2.01. The molecular formula is C12H23N3O4S. The summed E-state index contributed by atoms with van der Waals surface area (Å²) >= 11 is 0. The van der Waals surface area contributed by atoms with Gasteiger partial charge in [0.15, 0.2) is 0 Å². The molecule has 2 aliphatic rings. The van der Waals surface area contributed by atoms with Crippen LogP contribution >= 0.6 is 0 Å². The molecule has 8 heteroatoms. The van der Waals surface area contributed by atoms with Crippen molar-refractivity contribution in [3.63, 3.8) is 0 Å². The molecule has 116 valence electrons. The zero-order valence-electron chi connectivity index (χ0n) is 11.8. The van der Waals surface area contributed by atoms with Crippen LogP contribution in [-0.4, -0.2) is 68.0 Å². The Hall–Kier alpha value is -0.700. The average molecular weight is 305 g/mol. The number of likely N-dealkylation sites (tertiary alicyclic amines) is 1. The van der Waals surface area contributed by atoms with E-state index < -0.39 is 22.1 Å². The minimum Gasteiger partial charge on any atom is -0.481 e. The first-order chi connectivity index (χ1) is 9.40. The quantitative estimate of drug-likeness (QED) is 0.728. The third kappa shape index (κ3) is 3.69. The maximum absolute atomic E-state index is 12.2. The number of rotatable bonds is 5. The van der Waals surface area contributed by atoms with Crippen LogP contribution in [0.15, 0.2) is 0 Å². The van der Waals surface area contributed by atoms with Gasteiger partial charge in [-0.1, -0.05) is 0 Å². The first kappa shape index (κ1) is 15.7. The van der Waals surface area contributed by atoms with Crippen molar-refractivity contribution >= 4 is 16.2 Å². The Morgan fingerprint density at radius 1 is 1.25 bits per heavy atom. The second-order valence-electron chi connectivity index (χ2n) is 5.64. The molecule has 1 unspecified atom stereocenters. The van der Waals surface area contributed by atoms with Crippen molar-refractivity contribution in [2.45, 2.75) is 31.7 Å². The molecule has 1 atom stereocenters. The largest absolute Gasteiger partial charge is 0.481 e. The molecule has 7 nitrogen and oxygen atoms in total. The van der Waals surface area contributed by atoms with Gasteiger partial charge in [0.2, 0.25) is 0 Å². The van der Waals surface area contributed by atoms with Crippen molar-refractivity contribution in [3.8, 4) is 0 Å². The highest BCUT2D eigenvalue weighted by atomic mass is 32.2. The van der Waals surface area contributed by atoms with Gasteiger partial charge in [-0.2, -0.15) is 12.7 Å². The summed E-state index contributed by atoms with van der Waals surface area (Å²) in [5.74, 6) is -1.25. The van der Waals surface area contributed by atoms with Crippen molar-refractivity contribution in [1.29, 1.82) is 0 Å². The molecule has 0 aromatic rings. The number of nitrogens with one attached hydrogen (secondary N) is 1. The predicted molar refractivity (Wildman–Crippen MR) is 74.5 cm³/mol. The Morgan fingerprint density at radius 2 is 1.90 bits per heavy atom. The molecule has 0 bridgehead atoms. The van der Waals surface area contributed by atoms with Crippen LogP contribution in [0.1, 0.15) is 25.7 Å². The van der Waals surface area contributed by atoms with Crippen molar-refractivity contribution in [2.75, 3.05) is 33.2 Å². The zero-order chi connectivity index (χ0) is 14.8. The number of likely N-dealkylation sites (N-methyl/N-ethyl adjacent to an activating group) is 1.